The molecule has 2 atom stereocenters. The molecular formula is C51H38N2O. The minimum atomic E-state index is 0.314. The normalized spacial score (nSPS) is 15.4. The first kappa shape index (κ1) is 31.9. The molecule has 1 N–H and O–H groups in total. The molecule has 0 aliphatic heterocycles. The van der Waals surface area contributed by atoms with Gasteiger partial charge in [-0.05, 0) is 88.0 Å². The van der Waals surface area contributed by atoms with Crippen LogP contribution in [0.4, 0.5) is 28.4 Å². The van der Waals surface area contributed by atoms with Gasteiger partial charge in [-0.1, -0.05) is 146 Å². The van der Waals surface area contributed by atoms with E-state index in [9.17, 15) is 0 Å². The summed E-state index contributed by atoms with van der Waals surface area (Å²) >= 11 is 0. The number of nitrogens with zero attached hydrogens (tertiary/aromatic N) is 1. The first-order valence-corrected chi connectivity index (χ1v) is 18.7. The molecule has 1 aliphatic carbocycles. The Hall–Kier alpha value is -6.84. The molecular weight excluding hydrogens is 657 g/mol. The Morgan fingerprint density at radius 3 is 1.93 bits per heavy atom. The van der Waals surface area contributed by atoms with Crippen molar-refractivity contribution in [3.63, 3.8) is 0 Å². The number of nitrogens with one attached hydrogen (secondary N) is 1. The second kappa shape index (κ2) is 13.3. The summed E-state index contributed by atoms with van der Waals surface area (Å²) in [7, 11) is 0. The summed E-state index contributed by atoms with van der Waals surface area (Å²) in [5, 5.41) is 10.9. The molecule has 0 spiro atoms. The lowest BCUT2D eigenvalue weighted by molar-refractivity contribution is 0.637. The molecule has 10 rings (SSSR count). The first-order chi connectivity index (χ1) is 26.7. The van der Waals surface area contributed by atoms with Crippen LogP contribution in [0.1, 0.15) is 18.4 Å². The molecule has 1 heterocycles. The predicted molar refractivity (Wildman–Crippen MR) is 229 cm³/mol. The lowest BCUT2D eigenvalue weighted by atomic mass is 9.82. The van der Waals surface area contributed by atoms with Gasteiger partial charge in [0.1, 0.15) is 11.2 Å². The average molecular weight is 695 g/mol. The summed E-state index contributed by atoms with van der Waals surface area (Å²) in [5.41, 5.74) is 11.0. The van der Waals surface area contributed by atoms with E-state index in [0.29, 0.717) is 11.8 Å². The molecule has 0 bridgehead atoms. The maximum Gasteiger partial charge on any atom is 0.135 e. The molecule has 3 nitrogen and oxygen atoms in total. The number of hydrogen-bond acceptors (Lipinski definition) is 3. The predicted octanol–water partition coefficient (Wildman–Crippen LogP) is 14.6. The van der Waals surface area contributed by atoms with Crippen LogP contribution in [0.25, 0.3) is 54.6 Å². The van der Waals surface area contributed by atoms with Crippen LogP contribution in [0.15, 0.2) is 199 Å². The third kappa shape index (κ3) is 5.62. The molecule has 8 aromatic carbocycles. The van der Waals surface area contributed by atoms with E-state index in [4.69, 9.17) is 4.42 Å². The third-order valence-electron chi connectivity index (χ3n) is 11.0. The molecule has 258 valence electrons. The van der Waals surface area contributed by atoms with Crippen molar-refractivity contribution in [1.82, 2.24) is 0 Å². The summed E-state index contributed by atoms with van der Waals surface area (Å²) < 4.78 is 6.20. The first-order valence-electron chi connectivity index (χ1n) is 18.7. The molecule has 3 heteroatoms. The van der Waals surface area contributed by atoms with Crippen molar-refractivity contribution in [2.75, 3.05) is 10.2 Å². The Balaban J connectivity index is 1.00. The standard InChI is InChI=1S/C51H38N2O/c1-34-11-2-5-15-42(34)46-31-25-38-13-4-7-17-44(38)51(46)52-39-26-21-35(22-27-39)36-23-28-40(29-24-36)53(48-19-10-14-37-12-3-6-16-43(37)48)41-30-32-50-47(33-41)45-18-8-9-20-49(45)54-50/h2-34,42,52H,1H3. The summed E-state index contributed by atoms with van der Waals surface area (Å²) in [4.78, 5) is 2.36. The molecule has 0 fully saturated rings. The van der Waals surface area contributed by atoms with Crippen LogP contribution >= 0.6 is 0 Å². The fraction of sp³-hybridized carbons (Fsp3) is 0.0588. The summed E-state index contributed by atoms with van der Waals surface area (Å²) in [6.07, 6.45) is 8.95. The zero-order valence-corrected chi connectivity index (χ0v) is 30.0. The van der Waals surface area contributed by atoms with Gasteiger partial charge in [-0.25, -0.2) is 0 Å². The van der Waals surface area contributed by atoms with E-state index in [1.807, 2.05) is 12.1 Å². The van der Waals surface area contributed by atoms with Gasteiger partial charge in [0.15, 0.2) is 0 Å². The van der Waals surface area contributed by atoms with Gasteiger partial charge in [-0.3, -0.25) is 0 Å². The molecule has 0 saturated carbocycles. The van der Waals surface area contributed by atoms with Crippen molar-refractivity contribution in [3.8, 4) is 11.1 Å². The van der Waals surface area contributed by atoms with Gasteiger partial charge in [0.2, 0.25) is 0 Å². The van der Waals surface area contributed by atoms with Gasteiger partial charge in [0, 0.05) is 44.5 Å². The number of benzene rings is 8. The van der Waals surface area contributed by atoms with Crippen molar-refractivity contribution in [2.45, 2.75) is 12.8 Å². The van der Waals surface area contributed by atoms with Crippen LogP contribution in [-0.2, 0) is 0 Å². The minimum absolute atomic E-state index is 0.314. The second-order valence-electron chi connectivity index (χ2n) is 14.3. The fourth-order valence-electron chi connectivity index (χ4n) is 8.19. The topological polar surface area (TPSA) is 28.4 Å². The SMILES string of the molecule is CC1C=CC=CC1c1ccc2ccccc2c1Nc1ccc(-c2ccc(N(c3ccc4oc5ccccc5c4c3)c3cccc4ccccc34)cc2)cc1. The van der Waals surface area contributed by atoms with Crippen molar-refractivity contribution in [1.29, 1.82) is 0 Å². The molecule has 0 radical (unpaired) electrons. The molecule has 0 amide bonds. The zero-order valence-electron chi connectivity index (χ0n) is 30.0. The number of hydrogen-bond donors (Lipinski definition) is 1. The van der Waals surface area contributed by atoms with Crippen LogP contribution < -0.4 is 10.2 Å². The second-order valence-corrected chi connectivity index (χ2v) is 14.3. The van der Waals surface area contributed by atoms with E-state index in [1.54, 1.807) is 0 Å². The van der Waals surface area contributed by atoms with E-state index in [2.05, 4.69) is 199 Å². The Morgan fingerprint density at radius 2 is 1.13 bits per heavy atom. The highest BCUT2D eigenvalue weighted by Crippen LogP contribution is 2.43. The zero-order chi connectivity index (χ0) is 36.0. The Morgan fingerprint density at radius 1 is 0.500 bits per heavy atom. The summed E-state index contributed by atoms with van der Waals surface area (Å²) in [5.74, 6) is 0.737. The van der Waals surface area contributed by atoms with Gasteiger partial charge in [0.05, 0.1) is 11.4 Å². The monoisotopic (exact) mass is 694 g/mol. The van der Waals surface area contributed by atoms with Gasteiger partial charge in [-0.15, -0.1) is 0 Å². The molecule has 9 aromatic rings. The lowest BCUT2D eigenvalue weighted by Gasteiger charge is -2.27. The number of allylic oxidation sites excluding steroid dienone is 4. The highest BCUT2D eigenvalue weighted by molar-refractivity contribution is 6.07. The van der Waals surface area contributed by atoms with Crippen molar-refractivity contribution in [3.05, 3.63) is 200 Å². The van der Waals surface area contributed by atoms with Crippen molar-refractivity contribution >= 4 is 71.9 Å². The van der Waals surface area contributed by atoms with Crippen molar-refractivity contribution in [2.24, 2.45) is 5.92 Å². The maximum absolute atomic E-state index is 6.20. The van der Waals surface area contributed by atoms with Gasteiger partial charge in [-0.2, -0.15) is 0 Å². The van der Waals surface area contributed by atoms with E-state index in [0.717, 1.165) is 44.7 Å². The van der Waals surface area contributed by atoms with Gasteiger partial charge >= 0.3 is 0 Å². The van der Waals surface area contributed by atoms with Gasteiger partial charge < -0.3 is 14.6 Å². The number of fused-ring (bicyclic) bond motifs is 5. The van der Waals surface area contributed by atoms with Crippen LogP contribution in [-0.4, -0.2) is 0 Å². The van der Waals surface area contributed by atoms with E-state index in [1.165, 1.54) is 43.9 Å². The Kier molecular flexibility index (Phi) is 7.84. The largest absolute Gasteiger partial charge is 0.456 e. The van der Waals surface area contributed by atoms with E-state index >= 15 is 0 Å². The van der Waals surface area contributed by atoms with Crippen LogP contribution in [0.5, 0.6) is 0 Å². The summed E-state index contributed by atoms with van der Waals surface area (Å²) in [6, 6.07) is 60.9. The maximum atomic E-state index is 6.20. The molecule has 1 aromatic heterocycles. The van der Waals surface area contributed by atoms with Crippen LogP contribution in [0, 0.1) is 5.92 Å². The molecule has 1 aliphatic rings. The van der Waals surface area contributed by atoms with Crippen LogP contribution in [0.2, 0.25) is 0 Å². The summed E-state index contributed by atoms with van der Waals surface area (Å²) in [6.45, 7) is 2.30. The number of anilines is 5. The number of para-hydroxylation sites is 1. The lowest BCUT2D eigenvalue weighted by Crippen LogP contribution is -2.10. The molecule has 0 saturated heterocycles. The quantitative estimate of drug-likeness (QED) is 0.180. The van der Waals surface area contributed by atoms with Crippen molar-refractivity contribution < 1.29 is 4.42 Å². The van der Waals surface area contributed by atoms with E-state index < -0.39 is 0 Å². The highest BCUT2D eigenvalue weighted by atomic mass is 16.3. The smallest absolute Gasteiger partial charge is 0.135 e. The van der Waals surface area contributed by atoms with Crippen LogP contribution in [0.3, 0.4) is 0 Å². The minimum Gasteiger partial charge on any atom is -0.456 e. The third-order valence-corrected chi connectivity index (χ3v) is 11.0. The average Bonchev–Trinajstić information content (AvgIpc) is 3.60. The van der Waals surface area contributed by atoms with Gasteiger partial charge in [0.25, 0.3) is 0 Å². The molecule has 54 heavy (non-hydrogen) atoms. The molecule has 2 unspecified atom stereocenters. The Labute approximate surface area is 315 Å². The Bertz CT molecular complexity index is 2870. The number of furan rings is 1. The highest BCUT2D eigenvalue weighted by Gasteiger charge is 2.22. The fourth-order valence-corrected chi connectivity index (χ4v) is 8.19. The number of rotatable bonds is 7. The van der Waals surface area contributed by atoms with E-state index in [-0.39, 0.29) is 0 Å².